The molecule has 2 heterocycles. The zero-order valence-electron chi connectivity index (χ0n) is 8.20. The van der Waals surface area contributed by atoms with Gasteiger partial charge in [0.25, 0.3) is 5.91 Å². The van der Waals surface area contributed by atoms with Crippen LogP contribution in [0.3, 0.4) is 0 Å². The van der Waals surface area contributed by atoms with Gasteiger partial charge in [-0.2, -0.15) is 0 Å². The molecule has 3 N–H and O–H groups in total. The molecule has 2 rings (SSSR count). The van der Waals surface area contributed by atoms with E-state index in [1.807, 2.05) is 0 Å². The van der Waals surface area contributed by atoms with E-state index in [9.17, 15) is 4.79 Å². The summed E-state index contributed by atoms with van der Waals surface area (Å²) in [6.07, 6.45) is 3.29. The quantitative estimate of drug-likeness (QED) is 0.718. The molecule has 0 saturated heterocycles. The second kappa shape index (κ2) is 4.66. The first kappa shape index (κ1) is 10.5. The van der Waals surface area contributed by atoms with E-state index in [-0.39, 0.29) is 16.0 Å². The SMILES string of the molecule is Nc1nnc(C(=O)NCCn2ccnn2)s1. The van der Waals surface area contributed by atoms with Crippen molar-refractivity contribution in [3.8, 4) is 0 Å². The lowest BCUT2D eigenvalue weighted by molar-refractivity contribution is 0.0951. The maximum atomic E-state index is 11.5. The maximum Gasteiger partial charge on any atom is 0.282 e. The Morgan fingerprint density at radius 2 is 2.44 bits per heavy atom. The number of carbonyl (C=O) groups excluding carboxylic acids is 1. The summed E-state index contributed by atoms with van der Waals surface area (Å²) in [6, 6.07) is 0. The van der Waals surface area contributed by atoms with Crippen molar-refractivity contribution in [1.29, 1.82) is 0 Å². The second-order valence-electron chi connectivity index (χ2n) is 2.87. The molecule has 0 aliphatic heterocycles. The monoisotopic (exact) mass is 239 g/mol. The number of carbonyl (C=O) groups is 1. The summed E-state index contributed by atoms with van der Waals surface area (Å²) in [4.78, 5) is 11.5. The van der Waals surface area contributed by atoms with Crippen LogP contribution in [0.2, 0.25) is 0 Å². The Balaban J connectivity index is 1.80. The van der Waals surface area contributed by atoms with E-state index in [0.717, 1.165) is 11.3 Å². The van der Waals surface area contributed by atoms with E-state index in [0.29, 0.717) is 13.1 Å². The average molecular weight is 239 g/mol. The molecular formula is C7H9N7OS. The first-order chi connectivity index (χ1) is 7.75. The van der Waals surface area contributed by atoms with E-state index in [1.54, 1.807) is 17.1 Å². The minimum atomic E-state index is -0.283. The van der Waals surface area contributed by atoms with Crippen molar-refractivity contribution < 1.29 is 4.79 Å². The lowest BCUT2D eigenvalue weighted by Crippen LogP contribution is -2.27. The Morgan fingerprint density at radius 3 is 3.06 bits per heavy atom. The molecule has 0 unspecified atom stereocenters. The molecule has 0 fully saturated rings. The van der Waals surface area contributed by atoms with E-state index in [1.165, 1.54) is 0 Å². The van der Waals surface area contributed by atoms with Gasteiger partial charge in [-0.25, -0.2) is 0 Å². The summed E-state index contributed by atoms with van der Waals surface area (Å²) in [5.74, 6) is -0.283. The van der Waals surface area contributed by atoms with Gasteiger partial charge >= 0.3 is 0 Å². The third-order valence-corrected chi connectivity index (χ3v) is 2.48. The van der Waals surface area contributed by atoms with Crippen LogP contribution in [0.5, 0.6) is 0 Å². The minimum absolute atomic E-state index is 0.260. The molecule has 2 aromatic rings. The topological polar surface area (TPSA) is 112 Å². The van der Waals surface area contributed by atoms with Crippen LogP contribution < -0.4 is 11.1 Å². The van der Waals surface area contributed by atoms with Crippen molar-refractivity contribution in [3.05, 3.63) is 17.4 Å². The summed E-state index contributed by atoms with van der Waals surface area (Å²) in [7, 11) is 0. The van der Waals surface area contributed by atoms with Crippen LogP contribution in [0.1, 0.15) is 9.80 Å². The number of anilines is 1. The maximum absolute atomic E-state index is 11.5. The van der Waals surface area contributed by atoms with Crippen LogP contribution in [0.25, 0.3) is 0 Å². The smallest absolute Gasteiger partial charge is 0.282 e. The molecule has 0 aliphatic carbocycles. The van der Waals surface area contributed by atoms with Gasteiger partial charge in [0.05, 0.1) is 12.7 Å². The summed E-state index contributed by atoms with van der Waals surface area (Å²) < 4.78 is 1.62. The van der Waals surface area contributed by atoms with Crippen molar-refractivity contribution in [3.63, 3.8) is 0 Å². The predicted molar refractivity (Wildman–Crippen MR) is 56.7 cm³/mol. The van der Waals surface area contributed by atoms with E-state index in [4.69, 9.17) is 5.73 Å². The standard InChI is InChI=1S/C7H9N7OS/c8-7-12-11-6(16-7)5(15)9-1-3-14-4-2-10-13-14/h2,4H,1,3H2,(H2,8,12)(H,9,15). The summed E-state index contributed by atoms with van der Waals surface area (Å²) >= 11 is 1.05. The Hall–Kier alpha value is -2.03. The number of rotatable bonds is 4. The Labute approximate surface area is 94.5 Å². The van der Waals surface area contributed by atoms with E-state index < -0.39 is 0 Å². The number of hydrogen-bond donors (Lipinski definition) is 2. The van der Waals surface area contributed by atoms with Crippen LogP contribution in [-0.4, -0.2) is 37.6 Å². The molecule has 84 valence electrons. The van der Waals surface area contributed by atoms with Crippen LogP contribution in [0.15, 0.2) is 12.4 Å². The number of hydrogen-bond acceptors (Lipinski definition) is 7. The van der Waals surface area contributed by atoms with Gasteiger partial charge < -0.3 is 11.1 Å². The van der Waals surface area contributed by atoms with Crippen molar-refractivity contribution in [2.45, 2.75) is 6.54 Å². The molecule has 16 heavy (non-hydrogen) atoms. The molecule has 2 aromatic heterocycles. The number of nitrogens with two attached hydrogens (primary N) is 1. The molecule has 0 spiro atoms. The van der Waals surface area contributed by atoms with Crippen molar-refractivity contribution in [1.82, 2.24) is 30.5 Å². The number of nitrogens with zero attached hydrogens (tertiary/aromatic N) is 5. The van der Waals surface area contributed by atoms with Crippen LogP contribution in [-0.2, 0) is 6.54 Å². The molecule has 0 radical (unpaired) electrons. The molecule has 0 aliphatic rings. The highest BCUT2D eigenvalue weighted by atomic mass is 32.1. The average Bonchev–Trinajstić information content (AvgIpc) is 2.89. The van der Waals surface area contributed by atoms with Gasteiger partial charge in [-0.1, -0.05) is 16.6 Å². The van der Waals surface area contributed by atoms with Gasteiger partial charge in [-0.05, 0) is 0 Å². The zero-order chi connectivity index (χ0) is 11.4. The third kappa shape index (κ3) is 2.51. The largest absolute Gasteiger partial charge is 0.374 e. The Kier molecular flexibility index (Phi) is 3.05. The van der Waals surface area contributed by atoms with Crippen LogP contribution in [0.4, 0.5) is 5.13 Å². The minimum Gasteiger partial charge on any atom is -0.374 e. The first-order valence-corrected chi connectivity index (χ1v) is 5.28. The molecule has 0 aromatic carbocycles. The van der Waals surface area contributed by atoms with Gasteiger partial charge in [0, 0.05) is 12.7 Å². The lowest BCUT2D eigenvalue weighted by atomic mass is 10.5. The predicted octanol–water partition coefficient (Wildman–Crippen LogP) is -0.858. The molecule has 0 saturated carbocycles. The molecule has 8 nitrogen and oxygen atoms in total. The Morgan fingerprint density at radius 1 is 1.56 bits per heavy atom. The van der Waals surface area contributed by atoms with Crippen LogP contribution in [0, 0.1) is 0 Å². The number of nitrogens with one attached hydrogen (secondary N) is 1. The zero-order valence-corrected chi connectivity index (χ0v) is 9.02. The highest BCUT2D eigenvalue weighted by Crippen LogP contribution is 2.09. The van der Waals surface area contributed by atoms with Gasteiger partial charge in [0.1, 0.15) is 0 Å². The fourth-order valence-corrected chi connectivity index (χ4v) is 1.56. The fourth-order valence-electron chi connectivity index (χ4n) is 1.04. The molecule has 9 heteroatoms. The second-order valence-corrected chi connectivity index (χ2v) is 3.88. The summed E-state index contributed by atoms with van der Waals surface area (Å²) in [6.45, 7) is 1.00. The Bertz CT molecular complexity index is 465. The fraction of sp³-hybridized carbons (Fsp3) is 0.286. The lowest BCUT2D eigenvalue weighted by Gasteiger charge is -2.01. The normalized spacial score (nSPS) is 10.2. The van der Waals surface area contributed by atoms with Crippen LogP contribution >= 0.6 is 11.3 Å². The number of amides is 1. The first-order valence-electron chi connectivity index (χ1n) is 4.47. The number of aromatic nitrogens is 5. The van der Waals surface area contributed by atoms with E-state index >= 15 is 0 Å². The molecular weight excluding hydrogens is 230 g/mol. The highest BCUT2D eigenvalue weighted by Gasteiger charge is 2.10. The van der Waals surface area contributed by atoms with Crippen molar-refractivity contribution in [2.24, 2.45) is 0 Å². The van der Waals surface area contributed by atoms with Crippen molar-refractivity contribution in [2.75, 3.05) is 12.3 Å². The number of nitrogen functional groups attached to an aromatic ring is 1. The van der Waals surface area contributed by atoms with E-state index in [2.05, 4.69) is 25.8 Å². The van der Waals surface area contributed by atoms with Gasteiger partial charge in [-0.15, -0.1) is 15.3 Å². The molecule has 0 bridgehead atoms. The summed E-state index contributed by atoms with van der Waals surface area (Å²) in [5, 5.41) is 17.8. The van der Waals surface area contributed by atoms with Gasteiger partial charge in [0.15, 0.2) is 0 Å². The third-order valence-electron chi connectivity index (χ3n) is 1.73. The summed E-state index contributed by atoms with van der Waals surface area (Å²) in [5.41, 5.74) is 5.36. The van der Waals surface area contributed by atoms with Gasteiger partial charge in [0.2, 0.25) is 10.1 Å². The molecule has 1 amide bonds. The highest BCUT2D eigenvalue weighted by molar-refractivity contribution is 7.16. The van der Waals surface area contributed by atoms with Crippen molar-refractivity contribution >= 4 is 22.4 Å². The molecule has 0 atom stereocenters. The van der Waals surface area contributed by atoms with Gasteiger partial charge in [-0.3, -0.25) is 9.48 Å².